The van der Waals surface area contributed by atoms with Crippen molar-refractivity contribution >= 4 is 15.9 Å². The highest BCUT2D eigenvalue weighted by Crippen LogP contribution is 2.19. The number of nitrogens with one attached hydrogen (secondary N) is 2. The first-order chi connectivity index (χ1) is 11.5. The first-order valence-electron chi connectivity index (χ1n) is 7.96. The van der Waals surface area contributed by atoms with E-state index in [-0.39, 0.29) is 16.8 Å². The number of benzene rings is 2. The number of hydrogen-bond acceptors (Lipinski definition) is 3. The molecule has 0 spiro atoms. The maximum absolute atomic E-state index is 12.5. The van der Waals surface area contributed by atoms with Crippen LogP contribution in [-0.2, 0) is 21.2 Å². The van der Waals surface area contributed by atoms with Crippen molar-refractivity contribution < 1.29 is 13.2 Å². The minimum absolute atomic E-state index is 0.155. The summed E-state index contributed by atoms with van der Waals surface area (Å²) in [4.78, 5) is 12.6. The molecule has 126 valence electrons. The van der Waals surface area contributed by atoms with E-state index < -0.39 is 16.1 Å². The Morgan fingerprint density at radius 2 is 1.58 bits per heavy atom. The lowest BCUT2D eigenvalue weighted by Crippen LogP contribution is -2.48. The lowest BCUT2D eigenvalue weighted by atomic mass is 10.1. The third-order valence-electron chi connectivity index (χ3n) is 3.87. The van der Waals surface area contributed by atoms with Crippen LogP contribution in [0.3, 0.4) is 0 Å². The third-order valence-corrected chi connectivity index (χ3v) is 5.36. The highest BCUT2D eigenvalue weighted by molar-refractivity contribution is 7.89. The first-order valence-corrected chi connectivity index (χ1v) is 9.44. The fraction of sp³-hybridized carbons (Fsp3) is 0.278. The van der Waals surface area contributed by atoms with Crippen LogP contribution in [0.1, 0.15) is 18.4 Å². The number of carbonyl (C=O) groups is 1. The summed E-state index contributed by atoms with van der Waals surface area (Å²) >= 11 is 0. The van der Waals surface area contributed by atoms with Crippen molar-refractivity contribution in [1.82, 2.24) is 10.0 Å². The van der Waals surface area contributed by atoms with Crippen LogP contribution in [0.2, 0.25) is 0 Å². The largest absolute Gasteiger partial charge is 0.352 e. The zero-order valence-corrected chi connectivity index (χ0v) is 14.0. The van der Waals surface area contributed by atoms with Crippen LogP contribution in [-0.4, -0.2) is 26.4 Å². The Morgan fingerprint density at radius 3 is 2.17 bits per heavy atom. The second kappa shape index (κ2) is 7.15. The molecule has 0 unspecified atom stereocenters. The van der Waals surface area contributed by atoms with Gasteiger partial charge in [0.1, 0.15) is 6.04 Å². The quantitative estimate of drug-likeness (QED) is 0.805. The molecule has 2 N–H and O–H groups in total. The Hall–Kier alpha value is -2.18. The van der Waals surface area contributed by atoms with Gasteiger partial charge >= 0.3 is 0 Å². The van der Waals surface area contributed by atoms with Gasteiger partial charge in [-0.1, -0.05) is 48.5 Å². The van der Waals surface area contributed by atoms with E-state index in [1.165, 1.54) is 12.1 Å². The van der Waals surface area contributed by atoms with Gasteiger partial charge in [0.2, 0.25) is 15.9 Å². The molecule has 0 heterocycles. The summed E-state index contributed by atoms with van der Waals surface area (Å²) in [5.41, 5.74) is 0.907. The van der Waals surface area contributed by atoms with Crippen molar-refractivity contribution in [2.45, 2.75) is 36.2 Å². The minimum atomic E-state index is -3.75. The van der Waals surface area contributed by atoms with Crippen molar-refractivity contribution in [3.05, 3.63) is 66.2 Å². The molecular weight excluding hydrogens is 324 g/mol. The second-order valence-electron chi connectivity index (χ2n) is 5.96. The number of rotatable bonds is 7. The van der Waals surface area contributed by atoms with Crippen molar-refractivity contribution in [3.63, 3.8) is 0 Å². The van der Waals surface area contributed by atoms with Gasteiger partial charge in [0, 0.05) is 6.04 Å². The fourth-order valence-electron chi connectivity index (χ4n) is 2.42. The Labute approximate surface area is 142 Å². The van der Waals surface area contributed by atoms with E-state index in [0.717, 1.165) is 18.4 Å². The summed E-state index contributed by atoms with van der Waals surface area (Å²) in [6, 6.07) is 16.8. The van der Waals surface area contributed by atoms with Crippen LogP contribution < -0.4 is 10.0 Å². The van der Waals surface area contributed by atoms with Crippen molar-refractivity contribution in [2.24, 2.45) is 0 Å². The number of carbonyl (C=O) groups excluding carboxylic acids is 1. The standard InChI is InChI=1S/C18H20N2O3S/c21-18(19-15-11-12-15)17(13-14-7-3-1-4-8-14)20-24(22,23)16-9-5-2-6-10-16/h1-10,15,17,20H,11-13H2,(H,19,21)/t17-/m0/s1. The van der Waals surface area contributed by atoms with Crippen LogP contribution >= 0.6 is 0 Å². The van der Waals surface area contributed by atoms with Gasteiger partial charge in [0.25, 0.3) is 0 Å². The minimum Gasteiger partial charge on any atom is -0.352 e. The van der Waals surface area contributed by atoms with Gasteiger partial charge in [-0.3, -0.25) is 4.79 Å². The lowest BCUT2D eigenvalue weighted by molar-refractivity contribution is -0.122. The molecule has 1 aliphatic rings. The lowest BCUT2D eigenvalue weighted by Gasteiger charge is -2.18. The summed E-state index contributed by atoms with van der Waals surface area (Å²) in [5.74, 6) is -0.277. The number of sulfonamides is 1. The fourth-order valence-corrected chi connectivity index (χ4v) is 3.64. The SMILES string of the molecule is O=C(NC1CC1)[C@H](Cc1ccccc1)NS(=O)(=O)c1ccccc1. The van der Waals surface area contributed by atoms with Gasteiger partial charge < -0.3 is 5.32 Å². The van der Waals surface area contributed by atoms with Crippen LogP contribution in [0.25, 0.3) is 0 Å². The molecule has 1 atom stereocenters. The van der Waals surface area contributed by atoms with E-state index in [0.29, 0.717) is 6.42 Å². The Bertz CT molecular complexity index is 788. The summed E-state index contributed by atoms with van der Waals surface area (Å²) < 4.78 is 27.6. The van der Waals surface area contributed by atoms with E-state index in [1.54, 1.807) is 18.2 Å². The maximum Gasteiger partial charge on any atom is 0.241 e. The summed E-state index contributed by atoms with van der Waals surface area (Å²) in [5, 5.41) is 2.88. The predicted octanol–water partition coefficient (Wildman–Crippen LogP) is 1.85. The molecule has 1 fully saturated rings. The van der Waals surface area contributed by atoms with Gasteiger partial charge in [0.05, 0.1) is 4.90 Å². The van der Waals surface area contributed by atoms with E-state index >= 15 is 0 Å². The molecule has 0 bridgehead atoms. The predicted molar refractivity (Wildman–Crippen MR) is 91.9 cm³/mol. The topological polar surface area (TPSA) is 75.3 Å². The molecule has 0 radical (unpaired) electrons. The second-order valence-corrected chi connectivity index (χ2v) is 7.67. The molecule has 5 nitrogen and oxygen atoms in total. The van der Waals surface area contributed by atoms with Gasteiger partial charge in [0.15, 0.2) is 0 Å². The maximum atomic E-state index is 12.5. The van der Waals surface area contributed by atoms with Crippen LogP contribution in [0.15, 0.2) is 65.6 Å². The van der Waals surface area contributed by atoms with Gasteiger partial charge in [-0.25, -0.2) is 8.42 Å². The van der Waals surface area contributed by atoms with Gasteiger partial charge in [-0.05, 0) is 37.0 Å². The van der Waals surface area contributed by atoms with Crippen molar-refractivity contribution in [3.8, 4) is 0 Å². The Morgan fingerprint density at radius 1 is 1.00 bits per heavy atom. The Balaban J connectivity index is 1.79. The number of hydrogen-bond donors (Lipinski definition) is 2. The molecule has 2 aromatic carbocycles. The highest BCUT2D eigenvalue weighted by atomic mass is 32.2. The smallest absolute Gasteiger partial charge is 0.241 e. The molecule has 3 rings (SSSR count). The third kappa shape index (κ3) is 4.43. The monoisotopic (exact) mass is 344 g/mol. The molecule has 24 heavy (non-hydrogen) atoms. The zero-order valence-electron chi connectivity index (χ0n) is 13.2. The molecule has 1 aliphatic carbocycles. The molecule has 1 saturated carbocycles. The highest BCUT2D eigenvalue weighted by Gasteiger charge is 2.30. The van der Waals surface area contributed by atoms with E-state index in [9.17, 15) is 13.2 Å². The summed E-state index contributed by atoms with van der Waals surface area (Å²) in [6.45, 7) is 0. The zero-order chi connectivity index (χ0) is 17.0. The van der Waals surface area contributed by atoms with Crippen LogP contribution in [0.4, 0.5) is 0 Å². The normalized spacial score (nSPS) is 15.7. The van der Waals surface area contributed by atoms with Crippen LogP contribution in [0, 0.1) is 0 Å². The van der Waals surface area contributed by atoms with Gasteiger partial charge in [-0.2, -0.15) is 4.72 Å². The van der Waals surface area contributed by atoms with E-state index in [1.807, 2.05) is 30.3 Å². The molecule has 1 amide bonds. The van der Waals surface area contributed by atoms with Crippen LogP contribution in [0.5, 0.6) is 0 Å². The first kappa shape index (κ1) is 16.7. The molecule has 6 heteroatoms. The average Bonchev–Trinajstić information content (AvgIpc) is 3.40. The Kier molecular flexibility index (Phi) is 4.97. The summed E-state index contributed by atoms with van der Waals surface area (Å²) in [7, 11) is -3.75. The molecule has 2 aromatic rings. The number of amides is 1. The van der Waals surface area contributed by atoms with E-state index in [2.05, 4.69) is 10.0 Å². The molecule has 0 aliphatic heterocycles. The van der Waals surface area contributed by atoms with Gasteiger partial charge in [-0.15, -0.1) is 0 Å². The van der Waals surface area contributed by atoms with E-state index in [4.69, 9.17) is 0 Å². The molecule has 0 saturated heterocycles. The van der Waals surface area contributed by atoms with Crippen molar-refractivity contribution in [1.29, 1.82) is 0 Å². The average molecular weight is 344 g/mol. The molecular formula is C18H20N2O3S. The van der Waals surface area contributed by atoms with Crippen molar-refractivity contribution in [2.75, 3.05) is 0 Å². The summed E-state index contributed by atoms with van der Waals surface area (Å²) in [6.07, 6.45) is 2.22. The molecule has 0 aromatic heterocycles.